The number of nitrogens with one attached hydrogen (secondary N) is 1. The summed E-state index contributed by atoms with van der Waals surface area (Å²) in [6.45, 7) is 12.1. The highest BCUT2D eigenvalue weighted by Crippen LogP contribution is 2.12. The maximum Gasteiger partial charge on any atom is 0.0197 e. The highest BCUT2D eigenvalue weighted by atomic mass is 15.2. The molecule has 1 rings (SSSR count). The van der Waals surface area contributed by atoms with Crippen LogP contribution in [0, 0.1) is 5.92 Å². The van der Waals surface area contributed by atoms with Crippen LogP contribution in [0.5, 0.6) is 0 Å². The molecule has 0 aromatic heterocycles. The Morgan fingerprint density at radius 3 is 2.45 bits per heavy atom. The SMILES string of the molecule is CCCCCCCCCN1CCCNC(CC(C)C)C1. The van der Waals surface area contributed by atoms with E-state index in [1.807, 2.05) is 0 Å². The van der Waals surface area contributed by atoms with E-state index >= 15 is 0 Å². The normalized spacial score (nSPS) is 21.3. The largest absolute Gasteiger partial charge is 0.313 e. The van der Waals surface area contributed by atoms with Crippen LogP contribution in [-0.2, 0) is 0 Å². The van der Waals surface area contributed by atoms with Crippen LogP contribution in [0.1, 0.15) is 78.6 Å². The first kappa shape index (κ1) is 18.0. The van der Waals surface area contributed by atoms with Gasteiger partial charge in [0.15, 0.2) is 0 Å². The topological polar surface area (TPSA) is 15.3 Å². The van der Waals surface area contributed by atoms with E-state index in [4.69, 9.17) is 0 Å². The molecule has 1 heterocycles. The fourth-order valence-electron chi connectivity index (χ4n) is 3.30. The lowest BCUT2D eigenvalue weighted by Crippen LogP contribution is -2.38. The first-order valence-electron chi connectivity index (χ1n) is 9.18. The van der Waals surface area contributed by atoms with Crippen molar-refractivity contribution in [3.63, 3.8) is 0 Å². The monoisotopic (exact) mass is 282 g/mol. The summed E-state index contributed by atoms with van der Waals surface area (Å²) in [7, 11) is 0. The van der Waals surface area contributed by atoms with Crippen molar-refractivity contribution in [2.75, 3.05) is 26.2 Å². The first-order valence-corrected chi connectivity index (χ1v) is 9.18. The van der Waals surface area contributed by atoms with Crippen molar-refractivity contribution in [1.29, 1.82) is 0 Å². The summed E-state index contributed by atoms with van der Waals surface area (Å²) in [6.07, 6.45) is 12.6. The molecule has 1 aliphatic rings. The Bertz CT molecular complexity index is 215. The second kappa shape index (κ2) is 11.6. The lowest BCUT2D eigenvalue weighted by molar-refractivity contribution is 0.249. The Balaban J connectivity index is 2.08. The number of hydrogen-bond donors (Lipinski definition) is 1. The molecule has 2 nitrogen and oxygen atoms in total. The Hall–Kier alpha value is -0.0800. The molecular weight excluding hydrogens is 244 g/mol. The van der Waals surface area contributed by atoms with Crippen LogP contribution in [0.25, 0.3) is 0 Å². The van der Waals surface area contributed by atoms with Gasteiger partial charge in [-0.2, -0.15) is 0 Å². The summed E-state index contributed by atoms with van der Waals surface area (Å²) in [4.78, 5) is 2.71. The summed E-state index contributed by atoms with van der Waals surface area (Å²) in [5.74, 6) is 0.811. The zero-order valence-electron chi connectivity index (χ0n) is 14.3. The van der Waals surface area contributed by atoms with Gasteiger partial charge in [0.25, 0.3) is 0 Å². The molecule has 0 radical (unpaired) electrons. The van der Waals surface area contributed by atoms with E-state index < -0.39 is 0 Å². The Labute approximate surface area is 127 Å². The van der Waals surface area contributed by atoms with Crippen LogP contribution < -0.4 is 5.32 Å². The lowest BCUT2D eigenvalue weighted by Gasteiger charge is -2.25. The Morgan fingerprint density at radius 2 is 1.75 bits per heavy atom. The van der Waals surface area contributed by atoms with Gasteiger partial charge >= 0.3 is 0 Å². The summed E-state index contributed by atoms with van der Waals surface area (Å²) in [6, 6.07) is 0.724. The zero-order valence-corrected chi connectivity index (χ0v) is 14.3. The number of unbranched alkanes of at least 4 members (excludes halogenated alkanes) is 6. The molecule has 1 saturated heterocycles. The second-order valence-corrected chi connectivity index (χ2v) is 7.06. The van der Waals surface area contributed by atoms with Crippen LogP contribution in [0.4, 0.5) is 0 Å². The lowest BCUT2D eigenvalue weighted by atomic mass is 10.0. The summed E-state index contributed by atoms with van der Waals surface area (Å²) >= 11 is 0. The smallest absolute Gasteiger partial charge is 0.0197 e. The number of hydrogen-bond acceptors (Lipinski definition) is 2. The quantitative estimate of drug-likeness (QED) is 0.596. The van der Waals surface area contributed by atoms with Gasteiger partial charge in [-0.3, -0.25) is 0 Å². The van der Waals surface area contributed by atoms with Gasteiger partial charge < -0.3 is 10.2 Å². The summed E-state index contributed by atoms with van der Waals surface area (Å²) in [5, 5.41) is 3.73. The molecule has 0 aliphatic carbocycles. The fraction of sp³-hybridized carbons (Fsp3) is 1.00. The van der Waals surface area contributed by atoms with Gasteiger partial charge in [0, 0.05) is 12.6 Å². The number of rotatable bonds is 10. The average molecular weight is 283 g/mol. The standard InChI is InChI=1S/C18H38N2/c1-4-5-6-7-8-9-10-13-20-14-11-12-19-18(16-20)15-17(2)3/h17-19H,4-16H2,1-3H3. The third-order valence-corrected chi connectivity index (χ3v) is 4.40. The molecule has 1 N–H and O–H groups in total. The van der Waals surface area contributed by atoms with E-state index in [0.717, 1.165) is 12.0 Å². The molecule has 120 valence electrons. The van der Waals surface area contributed by atoms with Gasteiger partial charge in [-0.05, 0) is 44.8 Å². The second-order valence-electron chi connectivity index (χ2n) is 7.06. The minimum atomic E-state index is 0.724. The third kappa shape index (κ3) is 8.97. The molecule has 0 amide bonds. The van der Waals surface area contributed by atoms with Crippen molar-refractivity contribution < 1.29 is 0 Å². The Kier molecular flexibility index (Phi) is 10.4. The molecule has 0 aromatic carbocycles. The predicted octanol–water partition coefficient (Wildman–Crippen LogP) is 4.45. The molecule has 0 bridgehead atoms. The molecular formula is C18H38N2. The van der Waals surface area contributed by atoms with Gasteiger partial charge in [-0.1, -0.05) is 59.3 Å². The van der Waals surface area contributed by atoms with E-state index in [9.17, 15) is 0 Å². The molecule has 1 atom stereocenters. The van der Waals surface area contributed by atoms with E-state index in [1.54, 1.807) is 0 Å². The number of nitrogens with zero attached hydrogens (tertiary/aromatic N) is 1. The third-order valence-electron chi connectivity index (χ3n) is 4.40. The van der Waals surface area contributed by atoms with Crippen molar-refractivity contribution in [3.8, 4) is 0 Å². The van der Waals surface area contributed by atoms with Crippen LogP contribution in [-0.4, -0.2) is 37.1 Å². The average Bonchev–Trinajstić information content (AvgIpc) is 2.62. The highest BCUT2D eigenvalue weighted by Gasteiger charge is 2.17. The molecule has 1 unspecified atom stereocenters. The van der Waals surface area contributed by atoms with Crippen molar-refractivity contribution in [2.45, 2.75) is 84.6 Å². The molecule has 0 saturated carbocycles. The van der Waals surface area contributed by atoms with Gasteiger partial charge in [0.2, 0.25) is 0 Å². The van der Waals surface area contributed by atoms with E-state index in [2.05, 4.69) is 31.0 Å². The summed E-state index contributed by atoms with van der Waals surface area (Å²) in [5.41, 5.74) is 0. The molecule has 20 heavy (non-hydrogen) atoms. The van der Waals surface area contributed by atoms with Crippen molar-refractivity contribution in [1.82, 2.24) is 10.2 Å². The van der Waals surface area contributed by atoms with E-state index in [0.29, 0.717) is 0 Å². The van der Waals surface area contributed by atoms with Crippen LogP contribution >= 0.6 is 0 Å². The maximum atomic E-state index is 3.73. The minimum Gasteiger partial charge on any atom is -0.313 e. The summed E-state index contributed by atoms with van der Waals surface area (Å²) < 4.78 is 0. The van der Waals surface area contributed by atoms with Crippen LogP contribution in [0.2, 0.25) is 0 Å². The van der Waals surface area contributed by atoms with Crippen molar-refractivity contribution in [2.24, 2.45) is 5.92 Å². The molecule has 0 aromatic rings. The van der Waals surface area contributed by atoms with Crippen LogP contribution in [0.3, 0.4) is 0 Å². The fourth-order valence-corrected chi connectivity index (χ4v) is 3.30. The molecule has 1 fully saturated rings. The van der Waals surface area contributed by atoms with Crippen molar-refractivity contribution >= 4 is 0 Å². The maximum absolute atomic E-state index is 3.73. The van der Waals surface area contributed by atoms with E-state index in [1.165, 1.54) is 84.0 Å². The zero-order chi connectivity index (χ0) is 14.6. The first-order chi connectivity index (χ1) is 9.72. The highest BCUT2D eigenvalue weighted by molar-refractivity contribution is 4.77. The Morgan fingerprint density at radius 1 is 1.05 bits per heavy atom. The molecule has 0 spiro atoms. The molecule has 1 aliphatic heterocycles. The van der Waals surface area contributed by atoms with Crippen LogP contribution in [0.15, 0.2) is 0 Å². The van der Waals surface area contributed by atoms with Gasteiger partial charge in [-0.25, -0.2) is 0 Å². The molecule has 2 heteroatoms. The van der Waals surface area contributed by atoms with E-state index in [-0.39, 0.29) is 0 Å². The van der Waals surface area contributed by atoms with Crippen molar-refractivity contribution in [3.05, 3.63) is 0 Å². The van der Waals surface area contributed by atoms with Gasteiger partial charge in [0.05, 0.1) is 0 Å². The van der Waals surface area contributed by atoms with Gasteiger partial charge in [0.1, 0.15) is 0 Å². The predicted molar refractivity (Wildman–Crippen MR) is 90.3 cm³/mol. The van der Waals surface area contributed by atoms with Gasteiger partial charge in [-0.15, -0.1) is 0 Å². The minimum absolute atomic E-state index is 0.724.